The zero-order chi connectivity index (χ0) is 12.3. The zero-order valence-electron chi connectivity index (χ0n) is 9.27. The molecular weight excluding hydrogens is 236 g/mol. The second kappa shape index (κ2) is 5.05. The molecule has 17 heavy (non-hydrogen) atoms. The number of benzene rings is 1. The lowest BCUT2D eigenvalue weighted by atomic mass is 10.3. The molecule has 1 aliphatic heterocycles. The summed E-state index contributed by atoms with van der Waals surface area (Å²) in [6.45, 7) is 1.80. The molecule has 0 aliphatic carbocycles. The van der Waals surface area contributed by atoms with E-state index in [0.29, 0.717) is 5.03 Å². The number of rotatable bonds is 2. The molecule has 88 valence electrons. The molecular formula is C12H12N2O2S. The van der Waals surface area contributed by atoms with Crippen LogP contribution in [0.15, 0.2) is 41.4 Å². The first-order valence-corrected chi connectivity index (χ1v) is 6.08. The molecule has 0 aromatic heterocycles. The van der Waals surface area contributed by atoms with Crippen molar-refractivity contribution >= 4 is 29.3 Å². The quantitative estimate of drug-likeness (QED) is 0.783. The number of para-hydroxylation sites is 1. The summed E-state index contributed by atoms with van der Waals surface area (Å²) in [7, 11) is 0. The fraction of sp³-hybridized carbons (Fsp3) is 0.167. The minimum Gasteiger partial charge on any atom is -0.322 e. The van der Waals surface area contributed by atoms with Gasteiger partial charge in [0.15, 0.2) is 0 Å². The van der Waals surface area contributed by atoms with Gasteiger partial charge in [0.25, 0.3) is 5.91 Å². The van der Waals surface area contributed by atoms with Crippen molar-refractivity contribution in [2.24, 2.45) is 0 Å². The Kier molecular flexibility index (Phi) is 3.49. The standard InChI is InChI=1S/C12H12N2O2S/c1-8-12(16)14-11(17-8)7-10(15)13-9-5-3-2-4-6-9/h2-8H,1H3,(H,13,15)(H,14,16)/b11-7-/t8-/m1/s1. The van der Waals surface area contributed by atoms with Gasteiger partial charge in [0.2, 0.25) is 5.91 Å². The summed E-state index contributed by atoms with van der Waals surface area (Å²) in [6.07, 6.45) is 1.40. The van der Waals surface area contributed by atoms with E-state index in [1.807, 2.05) is 18.2 Å². The van der Waals surface area contributed by atoms with Crippen LogP contribution in [-0.4, -0.2) is 17.1 Å². The summed E-state index contributed by atoms with van der Waals surface area (Å²) in [5.41, 5.74) is 0.733. The van der Waals surface area contributed by atoms with Crippen molar-refractivity contribution in [1.29, 1.82) is 0 Å². The maximum absolute atomic E-state index is 11.6. The van der Waals surface area contributed by atoms with Crippen LogP contribution in [0.4, 0.5) is 5.69 Å². The van der Waals surface area contributed by atoms with Crippen molar-refractivity contribution in [3.63, 3.8) is 0 Å². The molecule has 2 N–H and O–H groups in total. The van der Waals surface area contributed by atoms with Crippen molar-refractivity contribution in [2.75, 3.05) is 5.32 Å². The molecule has 1 aromatic carbocycles. The Balaban J connectivity index is 1.98. The van der Waals surface area contributed by atoms with Crippen LogP contribution >= 0.6 is 11.8 Å². The topological polar surface area (TPSA) is 58.2 Å². The second-order valence-corrected chi connectivity index (χ2v) is 5.00. The molecule has 4 nitrogen and oxygen atoms in total. The number of hydrogen-bond acceptors (Lipinski definition) is 3. The third-order valence-electron chi connectivity index (χ3n) is 2.22. The van der Waals surface area contributed by atoms with Gasteiger partial charge in [-0.2, -0.15) is 0 Å². The molecule has 1 heterocycles. The number of nitrogens with one attached hydrogen (secondary N) is 2. The lowest BCUT2D eigenvalue weighted by Crippen LogP contribution is -2.20. The minimum atomic E-state index is -0.242. The maximum Gasteiger partial charge on any atom is 0.250 e. The van der Waals surface area contributed by atoms with Crippen LogP contribution in [-0.2, 0) is 9.59 Å². The summed E-state index contributed by atoms with van der Waals surface area (Å²) >= 11 is 1.35. The predicted octanol–water partition coefficient (Wildman–Crippen LogP) is 1.72. The highest BCUT2D eigenvalue weighted by molar-refractivity contribution is 8.04. The van der Waals surface area contributed by atoms with E-state index in [1.165, 1.54) is 17.8 Å². The smallest absolute Gasteiger partial charge is 0.250 e. The normalized spacial score (nSPS) is 21.4. The molecule has 0 bridgehead atoms. The molecule has 1 aromatic rings. The van der Waals surface area contributed by atoms with Crippen LogP contribution < -0.4 is 10.6 Å². The lowest BCUT2D eigenvalue weighted by molar-refractivity contribution is -0.119. The molecule has 0 unspecified atom stereocenters. The van der Waals surface area contributed by atoms with Gasteiger partial charge in [-0.1, -0.05) is 30.0 Å². The van der Waals surface area contributed by atoms with Crippen molar-refractivity contribution in [1.82, 2.24) is 5.32 Å². The second-order valence-electron chi connectivity index (χ2n) is 3.61. The third-order valence-corrected chi connectivity index (χ3v) is 3.26. The molecule has 1 saturated heterocycles. The van der Waals surface area contributed by atoms with Gasteiger partial charge < -0.3 is 10.6 Å². The molecule has 0 radical (unpaired) electrons. The van der Waals surface area contributed by atoms with Gasteiger partial charge in [-0.3, -0.25) is 9.59 Å². The van der Waals surface area contributed by atoms with Crippen LogP contribution in [0, 0.1) is 0 Å². The summed E-state index contributed by atoms with van der Waals surface area (Å²) in [5.74, 6) is -0.304. The molecule has 2 amide bonds. The Labute approximate surface area is 103 Å². The highest BCUT2D eigenvalue weighted by Gasteiger charge is 2.24. The predicted molar refractivity (Wildman–Crippen MR) is 68.4 cm³/mol. The van der Waals surface area contributed by atoms with E-state index in [-0.39, 0.29) is 17.1 Å². The highest BCUT2D eigenvalue weighted by atomic mass is 32.2. The maximum atomic E-state index is 11.6. The van der Waals surface area contributed by atoms with Crippen LogP contribution in [0.3, 0.4) is 0 Å². The first-order chi connectivity index (χ1) is 8.15. The van der Waals surface area contributed by atoms with Crippen LogP contribution in [0.25, 0.3) is 0 Å². The molecule has 0 spiro atoms. The summed E-state index contributed by atoms with van der Waals surface area (Å²) in [4.78, 5) is 22.8. The lowest BCUT2D eigenvalue weighted by Gasteiger charge is -2.01. The van der Waals surface area contributed by atoms with Crippen LogP contribution in [0.2, 0.25) is 0 Å². The van der Waals surface area contributed by atoms with Crippen LogP contribution in [0.1, 0.15) is 6.92 Å². The monoisotopic (exact) mass is 248 g/mol. The molecule has 0 saturated carbocycles. The molecule has 2 rings (SSSR count). The summed E-state index contributed by atoms with van der Waals surface area (Å²) in [5, 5.41) is 5.82. The molecule has 1 atom stereocenters. The average molecular weight is 248 g/mol. The van der Waals surface area contributed by atoms with E-state index < -0.39 is 0 Å². The molecule has 5 heteroatoms. The largest absolute Gasteiger partial charge is 0.322 e. The highest BCUT2D eigenvalue weighted by Crippen LogP contribution is 2.25. The van der Waals surface area contributed by atoms with Gasteiger partial charge in [0, 0.05) is 11.8 Å². The van der Waals surface area contributed by atoms with Crippen molar-refractivity contribution in [3.05, 3.63) is 41.4 Å². The third kappa shape index (κ3) is 3.10. The van der Waals surface area contributed by atoms with Crippen molar-refractivity contribution < 1.29 is 9.59 Å². The van der Waals surface area contributed by atoms with Gasteiger partial charge >= 0.3 is 0 Å². The first-order valence-electron chi connectivity index (χ1n) is 5.20. The van der Waals surface area contributed by atoms with E-state index in [4.69, 9.17) is 0 Å². The number of thioether (sulfide) groups is 1. The van der Waals surface area contributed by atoms with E-state index >= 15 is 0 Å². The summed E-state index contributed by atoms with van der Waals surface area (Å²) < 4.78 is 0. The first kappa shape index (κ1) is 11.7. The Morgan fingerprint density at radius 2 is 2.12 bits per heavy atom. The SMILES string of the molecule is C[C@H]1S/C(=C\C(=O)Nc2ccccc2)NC1=O. The summed E-state index contributed by atoms with van der Waals surface area (Å²) in [6, 6.07) is 9.18. The van der Waals surface area contributed by atoms with Gasteiger partial charge in [0.05, 0.1) is 10.3 Å². The fourth-order valence-electron chi connectivity index (χ4n) is 1.39. The zero-order valence-corrected chi connectivity index (χ0v) is 10.1. The van der Waals surface area contributed by atoms with Gasteiger partial charge in [0.1, 0.15) is 0 Å². The Bertz CT molecular complexity index is 471. The fourth-order valence-corrected chi connectivity index (χ4v) is 2.27. The Hall–Kier alpha value is -1.75. The number of hydrogen-bond donors (Lipinski definition) is 2. The molecule has 1 aliphatic rings. The molecule has 1 fully saturated rings. The van der Waals surface area contributed by atoms with Crippen LogP contribution in [0.5, 0.6) is 0 Å². The Morgan fingerprint density at radius 1 is 1.41 bits per heavy atom. The number of carbonyl (C=O) groups excluding carboxylic acids is 2. The Morgan fingerprint density at radius 3 is 2.71 bits per heavy atom. The van der Waals surface area contributed by atoms with Crippen molar-refractivity contribution in [2.45, 2.75) is 12.2 Å². The van der Waals surface area contributed by atoms with Gasteiger partial charge in [-0.25, -0.2) is 0 Å². The van der Waals surface area contributed by atoms with E-state index in [9.17, 15) is 9.59 Å². The van der Waals surface area contributed by atoms with Crippen molar-refractivity contribution in [3.8, 4) is 0 Å². The van der Waals surface area contributed by atoms with Gasteiger partial charge in [-0.15, -0.1) is 0 Å². The van der Waals surface area contributed by atoms with E-state index in [1.54, 1.807) is 19.1 Å². The van der Waals surface area contributed by atoms with Gasteiger partial charge in [-0.05, 0) is 19.1 Å². The number of anilines is 1. The minimum absolute atomic E-state index is 0.0613. The number of carbonyl (C=O) groups is 2. The van der Waals surface area contributed by atoms with E-state index in [0.717, 1.165) is 5.69 Å². The van der Waals surface area contributed by atoms with E-state index in [2.05, 4.69) is 10.6 Å². The average Bonchev–Trinajstić information content (AvgIpc) is 2.59. The number of amides is 2.